The van der Waals surface area contributed by atoms with Gasteiger partial charge in [0.25, 0.3) is 0 Å². The van der Waals surface area contributed by atoms with Crippen molar-refractivity contribution < 1.29 is 5.11 Å². The topological polar surface area (TPSA) is 49.2 Å². The zero-order chi connectivity index (χ0) is 13.5. The van der Waals surface area contributed by atoms with Crippen LogP contribution in [0.25, 0.3) is 6.08 Å². The van der Waals surface area contributed by atoms with E-state index in [1.165, 1.54) is 32.1 Å². The summed E-state index contributed by atoms with van der Waals surface area (Å²) in [5.41, 5.74) is 0.909. The summed E-state index contributed by atoms with van der Waals surface area (Å²) in [5, 5.41) is 17.3. The summed E-state index contributed by atoms with van der Waals surface area (Å²) in [4.78, 5) is 1.89. The van der Waals surface area contributed by atoms with Crippen molar-refractivity contribution in [1.29, 1.82) is 0 Å². The Balaban J connectivity index is 1.92. The molecule has 1 fully saturated rings. The molecule has 0 saturated heterocycles. The first-order valence-electron chi connectivity index (χ1n) is 7.13. The Morgan fingerprint density at radius 2 is 2.05 bits per heavy atom. The van der Waals surface area contributed by atoms with Crippen molar-refractivity contribution in [2.75, 3.05) is 25.1 Å². The van der Waals surface area contributed by atoms with Gasteiger partial charge in [0.2, 0.25) is 0 Å². The fourth-order valence-electron chi connectivity index (χ4n) is 2.45. The molecule has 1 aromatic rings. The molecule has 1 N–H and O–H groups in total. The molecule has 1 aliphatic carbocycles. The molecular formula is C15H23N3O. The molecule has 0 aromatic carbocycles. The van der Waals surface area contributed by atoms with Crippen LogP contribution in [0.4, 0.5) is 5.82 Å². The maximum atomic E-state index is 8.88. The molecule has 0 atom stereocenters. The highest BCUT2D eigenvalue weighted by atomic mass is 16.3. The number of hydrogen-bond acceptors (Lipinski definition) is 4. The van der Waals surface area contributed by atoms with E-state index >= 15 is 0 Å². The van der Waals surface area contributed by atoms with Gasteiger partial charge in [-0.2, -0.15) is 0 Å². The number of aliphatic hydroxyl groups is 1. The number of nitrogens with zero attached hydrogens (tertiary/aromatic N) is 3. The van der Waals surface area contributed by atoms with Crippen LogP contribution < -0.4 is 4.90 Å². The maximum absolute atomic E-state index is 8.88. The van der Waals surface area contributed by atoms with Crippen LogP contribution >= 0.6 is 0 Å². The molecular weight excluding hydrogens is 238 g/mol. The first-order valence-corrected chi connectivity index (χ1v) is 7.13. The van der Waals surface area contributed by atoms with Crippen molar-refractivity contribution in [3.63, 3.8) is 0 Å². The average molecular weight is 261 g/mol. The number of aliphatic hydroxyl groups excluding tert-OH is 1. The summed E-state index contributed by atoms with van der Waals surface area (Å²) in [6.45, 7) is 0.702. The van der Waals surface area contributed by atoms with Crippen molar-refractivity contribution in [2.24, 2.45) is 5.92 Å². The van der Waals surface area contributed by atoms with Crippen LogP contribution in [0.5, 0.6) is 0 Å². The number of rotatable bonds is 5. The average Bonchev–Trinajstić information content (AvgIpc) is 2.47. The van der Waals surface area contributed by atoms with Crippen LogP contribution in [-0.4, -0.2) is 35.5 Å². The maximum Gasteiger partial charge on any atom is 0.151 e. The molecule has 19 heavy (non-hydrogen) atoms. The summed E-state index contributed by atoms with van der Waals surface area (Å²) in [6, 6.07) is 3.93. The molecule has 0 radical (unpaired) electrons. The van der Waals surface area contributed by atoms with Gasteiger partial charge in [0.05, 0.1) is 12.3 Å². The molecule has 4 heteroatoms. The second-order valence-corrected chi connectivity index (χ2v) is 5.22. The van der Waals surface area contributed by atoms with E-state index in [1.807, 2.05) is 24.1 Å². The monoisotopic (exact) mass is 261 g/mol. The van der Waals surface area contributed by atoms with Crippen LogP contribution in [0.3, 0.4) is 0 Å². The van der Waals surface area contributed by atoms with Crippen molar-refractivity contribution in [3.8, 4) is 0 Å². The summed E-state index contributed by atoms with van der Waals surface area (Å²) >= 11 is 0. The van der Waals surface area contributed by atoms with Crippen molar-refractivity contribution in [3.05, 3.63) is 23.9 Å². The largest absolute Gasteiger partial charge is 0.395 e. The lowest BCUT2D eigenvalue weighted by atomic mass is 9.89. The second kappa shape index (κ2) is 7.24. The van der Waals surface area contributed by atoms with Gasteiger partial charge >= 0.3 is 0 Å². The Labute approximate surface area is 115 Å². The quantitative estimate of drug-likeness (QED) is 0.884. The normalized spacial score (nSPS) is 16.9. The Morgan fingerprint density at radius 1 is 1.26 bits per heavy atom. The van der Waals surface area contributed by atoms with Gasteiger partial charge < -0.3 is 10.0 Å². The fourth-order valence-corrected chi connectivity index (χ4v) is 2.45. The summed E-state index contributed by atoms with van der Waals surface area (Å²) < 4.78 is 0. The van der Waals surface area contributed by atoms with Crippen LogP contribution in [-0.2, 0) is 0 Å². The van der Waals surface area contributed by atoms with Crippen molar-refractivity contribution >= 4 is 11.9 Å². The van der Waals surface area contributed by atoms with Gasteiger partial charge in [-0.25, -0.2) is 0 Å². The van der Waals surface area contributed by atoms with Gasteiger partial charge in [-0.3, -0.25) is 0 Å². The SMILES string of the molecule is CN(CCO)c1ccc(C=CC2CCCCC2)nn1. The minimum atomic E-state index is 0.127. The third-order valence-corrected chi connectivity index (χ3v) is 3.69. The van der Waals surface area contributed by atoms with Gasteiger partial charge in [0, 0.05) is 13.6 Å². The number of likely N-dealkylation sites (N-methyl/N-ethyl adjacent to an activating group) is 1. The molecule has 0 aliphatic heterocycles. The second-order valence-electron chi connectivity index (χ2n) is 5.22. The fraction of sp³-hybridized carbons (Fsp3) is 0.600. The van der Waals surface area contributed by atoms with Gasteiger partial charge in [0.15, 0.2) is 5.82 Å². The lowest BCUT2D eigenvalue weighted by Gasteiger charge is -2.17. The minimum absolute atomic E-state index is 0.127. The molecule has 1 saturated carbocycles. The highest BCUT2D eigenvalue weighted by molar-refractivity contribution is 5.47. The smallest absolute Gasteiger partial charge is 0.151 e. The van der Waals surface area contributed by atoms with E-state index in [0.717, 1.165) is 11.5 Å². The lowest BCUT2D eigenvalue weighted by Crippen LogP contribution is -2.22. The molecule has 1 heterocycles. The van der Waals surface area contributed by atoms with E-state index in [1.54, 1.807) is 0 Å². The van der Waals surface area contributed by atoms with Gasteiger partial charge in [0.1, 0.15) is 0 Å². The third-order valence-electron chi connectivity index (χ3n) is 3.69. The summed E-state index contributed by atoms with van der Waals surface area (Å²) in [5.74, 6) is 1.51. The Hall–Kier alpha value is -1.42. The molecule has 0 spiro atoms. The van der Waals surface area contributed by atoms with E-state index in [-0.39, 0.29) is 6.61 Å². The van der Waals surface area contributed by atoms with E-state index in [9.17, 15) is 0 Å². The molecule has 2 rings (SSSR count). The predicted molar refractivity (Wildman–Crippen MR) is 78.0 cm³/mol. The van der Waals surface area contributed by atoms with E-state index in [4.69, 9.17) is 5.11 Å². The molecule has 0 unspecified atom stereocenters. The zero-order valence-corrected chi connectivity index (χ0v) is 11.6. The Kier molecular flexibility index (Phi) is 5.33. The molecule has 1 aliphatic rings. The van der Waals surface area contributed by atoms with E-state index < -0.39 is 0 Å². The number of hydrogen-bond donors (Lipinski definition) is 1. The van der Waals surface area contributed by atoms with Crippen LogP contribution in [0.15, 0.2) is 18.2 Å². The molecule has 104 valence electrons. The lowest BCUT2D eigenvalue weighted by molar-refractivity contribution is 0.303. The van der Waals surface area contributed by atoms with E-state index in [0.29, 0.717) is 12.5 Å². The van der Waals surface area contributed by atoms with E-state index in [2.05, 4.69) is 22.3 Å². The van der Waals surface area contributed by atoms with Crippen molar-refractivity contribution in [1.82, 2.24) is 10.2 Å². The predicted octanol–water partition coefficient (Wildman–Crippen LogP) is 2.50. The standard InChI is InChI=1S/C15H23N3O/c1-18(11-12-19)15-10-9-14(16-17-15)8-7-13-5-3-2-4-6-13/h7-10,13,19H,2-6,11-12H2,1H3. The highest BCUT2D eigenvalue weighted by Crippen LogP contribution is 2.25. The van der Waals surface area contributed by atoms with Gasteiger partial charge in [-0.15, -0.1) is 10.2 Å². The molecule has 4 nitrogen and oxygen atoms in total. The van der Waals surface area contributed by atoms with Crippen LogP contribution in [0.1, 0.15) is 37.8 Å². The highest BCUT2D eigenvalue weighted by Gasteiger charge is 2.09. The molecule has 0 bridgehead atoms. The molecule has 0 amide bonds. The van der Waals surface area contributed by atoms with Crippen LogP contribution in [0.2, 0.25) is 0 Å². The van der Waals surface area contributed by atoms with Gasteiger partial charge in [-0.05, 0) is 37.0 Å². The van der Waals surface area contributed by atoms with Crippen LogP contribution in [0, 0.1) is 5.92 Å². The Morgan fingerprint density at radius 3 is 2.68 bits per heavy atom. The van der Waals surface area contributed by atoms with Gasteiger partial charge in [-0.1, -0.05) is 25.3 Å². The first-order chi connectivity index (χ1) is 9.29. The third kappa shape index (κ3) is 4.31. The first kappa shape index (κ1) is 14.0. The number of anilines is 1. The summed E-state index contributed by atoms with van der Waals surface area (Å²) in [6.07, 6.45) is 11.1. The summed E-state index contributed by atoms with van der Waals surface area (Å²) in [7, 11) is 1.90. The minimum Gasteiger partial charge on any atom is -0.395 e. The zero-order valence-electron chi connectivity index (χ0n) is 11.6. The van der Waals surface area contributed by atoms with Crippen molar-refractivity contribution in [2.45, 2.75) is 32.1 Å². The Bertz CT molecular complexity index is 396. The number of allylic oxidation sites excluding steroid dienone is 1. The number of aromatic nitrogens is 2. The molecule has 1 aromatic heterocycles.